The number of likely N-dealkylation sites (N-methyl/N-ethyl adjacent to an activating group) is 1. The van der Waals surface area contributed by atoms with Crippen LogP contribution in [-0.4, -0.2) is 83.2 Å². The van der Waals surface area contributed by atoms with Crippen LogP contribution in [0.1, 0.15) is 39.6 Å². The lowest BCUT2D eigenvalue weighted by Crippen LogP contribution is -2.57. The Morgan fingerprint density at radius 2 is 1.89 bits per heavy atom. The van der Waals surface area contributed by atoms with Gasteiger partial charge in [0.05, 0.1) is 16.8 Å². The van der Waals surface area contributed by atoms with Crippen LogP contribution >= 0.6 is 22.9 Å². The molecule has 2 aromatic heterocycles. The van der Waals surface area contributed by atoms with Crippen molar-refractivity contribution in [2.45, 2.75) is 44.3 Å². The minimum atomic E-state index is -0.886. The van der Waals surface area contributed by atoms with E-state index in [2.05, 4.69) is 30.8 Å². The summed E-state index contributed by atoms with van der Waals surface area (Å²) in [4.78, 5) is 64.3. The second-order valence-electron chi connectivity index (χ2n) is 9.60. The van der Waals surface area contributed by atoms with Gasteiger partial charge < -0.3 is 25.8 Å². The van der Waals surface area contributed by atoms with E-state index in [1.807, 2.05) is 7.05 Å². The van der Waals surface area contributed by atoms with Gasteiger partial charge in [0.25, 0.3) is 5.91 Å². The number of nitrogens with one attached hydrogen (secondary N) is 3. The van der Waals surface area contributed by atoms with E-state index < -0.39 is 23.9 Å². The van der Waals surface area contributed by atoms with E-state index in [4.69, 9.17) is 11.6 Å². The van der Waals surface area contributed by atoms with Gasteiger partial charge in [-0.15, -0.1) is 11.3 Å². The van der Waals surface area contributed by atoms with Crippen molar-refractivity contribution in [3.05, 3.63) is 38.9 Å². The highest BCUT2D eigenvalue weighted by Gasteiger charge is 2.37. The molecule has 0 radical (unpaired) electrons. The van der Waals surface area contributed by atoms with Crippen molar-refractivity contribution in [1.82, 2.24) is 30.4 Å². The van der Waals surface area contributed by atoms with Crippen LogP contribution in [0, 0.1) is 5.92 Å². The van der Waals surface area contributed by atoms with Crippen LogP contribution in [0.2, 0.25) is 5.02 Å². The Labute approximate surface area is 224 Å². The number of carbonyl (C=O) groups excluding carboxylic acids is 4. The first kappa shape index (κ1) is 27.0. The zero-order valence-corrected chi connectivity index (χ0v) is 22.5. The predicted molar refractivity (Wildman–Crippen MR) is 139 cm³/mol. The molecule has 2 aliphatic rings. The summed E-state index contributed by atoms with van der Waals surface area (Å²) < 4.78 is 0. The van der Waals surface area contributed by atoms with E-state index in [9.17, 15) is 19.2 Å². The highest BCUT2D eigenvalue weighted by atomic mass is 35.5. The Balaban J connectivity index is 1.45. The summed E-state index contributed by atoms with van der Waals surface area (Å²) >= 11 is 7.17. The largest absolute Gasteiger partial charge is 0.349 e. The predicted octanol–water partition coefficient (Wildman–Crippen LogP) is 1.29. The average Bonchev–Trinajstić information content (AvgIpc) is 3.29. The molecule has 1 fully saturated rings. The molecule has 37 heavy (non-hydrogen) atoms. The van der Waals surface area contributed by atoms with Gasteiger partial charge in [0.1, 0.15) is 5.82 Å². The maximum Gasteiger partial charge on any atom is 0.314 e. The van der Waals surface area contributed by atoms with Crippen molar-refractivity contribution in [3.8, 4) is 0 Å². The summed E-state index contributed by atoms with van der Waals surface area (Å²) in [7, 11) is 5.41. The van der Waals surface area contributed by atoms with E-state index in [0.717, 1.165) is 30.1 Å². The second-order valence-corrected chi connectivity index (χ2v) is 11.1. The summed E-state index contributed by atoms with van der Waals surface area (Å²) in [5.41, 5.74) is 0.940. The van der Waals surface area contributed by atoms with E-state index in [1.54, 1.807) is 20.2 Å². The highest BCUT2D eigenvalue weighted by Crippen LogP contribution is 2.28. The maximum absolute atomic E-state index is 13.2. The third kappa shape index (κ3) is 6.62. The molecule has 11 nitrogen and oxygen atoms in total. The van der Waals surface area contributed by atoms with Crippen molar-refractivity contribution in [2.24, 2.45) is 5.92 Å². The van der Waals surface area contributed by atoms with Crippen LogP contribution in [0.5, 0.6) is 0 Å². The number of thiazole rings is 1. The fraction of sp³-hybridized carbons (Fsp3) is 0.500. The van der Waals surface area contributed by atoms with Gasteiger partial charge in [-0.1, -0.05) is 11.6 Å². The molecule has 0 aromatic carbocycles. The lowest BCUT2D eigenvalue weighted by Gasteiger charge is -2.37. The van der Waals surface area contributed by atoms with Crippen molar-refractivity contribution < 1.29 is 19.2 Å². The molecule has 2 aromatic rings. The van der Waals surface area contributed by atoms with Crippen LogP contribution in [0.25, 0.3) is 0 Å². The van der Waals surface area contributed by atoms with Crippen LogP contribution < -0.4 is 16.0 Å². The standard InChI is InChI=1S/C24H30ClN7O4S/c1-31(2)24(36)13-4-6-15(27-20(33)21(34)30-19-7-5-14(25)11-26-19)17(10-13)28-22(35)23-29-16-8-9-32(3)12-18(16)37-23/h5,7,11,13,15,17H,4,6,8-10,12H2,1-3H3,(H,27,33)(H,28,35)(H,26,30,34)/t13-,15-,17-/m1/s1. The number of hydrogen-bond acceptors (Lipinski definition) is 8. The molecule has 198 valence electrons. The Morgan fingerprint density at radius 3 is 2.59 bits per heavy atom. The summed E-state index contributed by atoms with van der Waals surface area (Å²) in [6.07, 6.45) is 3.42. The summed E-state index contributed by atoms with van der Waals surface area (Å²) in [6, 6.07) is 1.95. The minimum absolute atomic E-state index is 0.0386. The molecule has 3 atom stereocenters. The smallest absolute Gasteiger partial charge is 0.314 e. The molecule has 3 N–H and O–H groups in total. The van der Waals surface area contributed by atoms with Gasteiger partial charge in [0.2, 0.25) is 5.91 Å². The SMILES string of the molecule is CN1CCc2nc(C(=O)N[C@@H]3C[C@H](C(=O)N(C)C)CC[C@H]3NC(=O)C(=O)Nc3ccc(Cl)cn3)sc2C1. The van der Waals surface area contributed by atoms with Gasteiger partial charge in [-0.05, 0) is 38.4 Å². The van der Waals surface area contributed by atoms with Gasteiger partial charge >= 0.3 is 11.8 Å². The van der Waals surface area contributed by atoms with Gasteiger partial charge in [-0.25, -0.2) is 9.97 Å². The fourth-order valence-electron chi connectivity index (χ4n) is 4.60. The number of anilines is 1. The Bertz CT molecular complexity index is 1190. The van der Waals surface area contributed by atoms with Gasteiger partial charge in [-0.3, -0.25) is 19.2 Å². The number of hydrogen-bond donors (Lipinski definition) is 3. The van der Waals surface area contributed by atoms with E-state index in [-0.39, 0.29) is 23.6 Å². The summed E-state index contributed by atoms with van der Waals surface area (Å²) in [6.45, 7) is 1.63. The molecule has 1 saturated carbocycles. The zero-order valence-electron chi connectivity index (χ0n) is 20.9. The fourth-order valence-corrected chi connectivity index (χ4v) is 5.80. The number of amides is 4. The third-order valence-electron chi connectivity index (χ3n) is 6.56. The number of nitrogens with zero attached hydrogens (tertiary/aromatic N) is 4. The van der Waals surface area contributed by atoms with E-state index in [0.29, 0.717) is 29.3 Å². The van der Waals surface area contributed by atoms with Gasteiger partial charge in [0, 0.05) is 56.6 Å². The molecule has 1 aliphatic carbocycles. The van der Waals surface area contributed by atoms with Gasteiger partial charge in [0.15, 0.2) is 5.01 Å². The monoisotopic (exact) mass is 547 g/mol. The maximum atomic E-state index is 13.2. The minimum Gasteiger partial charge on any atom is -0.349 e. The first-order chi connectivity index (χ1) is 17.6. The number of pyridine rings is 1. The van der Waals surface area contributed by atoms with Crippen molar-refractivity contribution in [1.29, 1.82) is 0 Å². The molecule has 0 spiro atoms. The highest BCUT2D eigenvalue weighted by molar-refractivity contribution is 7.13. The Kier molecular flexibility index (Phi) is 8.40. The Morgan fingerprint density at radius 1 is 1.11 bits per heavy atom. The first-order valence-electron chi connectivity index (χ1n) is 12.0. The number of rotatable bonds is 5. The third-order valence-corrected chi connectivity index (χ3v) is 7.87. The molecule has 0 unspecified atom stereocenters. The molecule has 0 bridgehead atoms. The van der Waals surface area contributed by atoms with Crippen molar-refractivity contribution in [3.63, 3.8) is 0 Å². The number of carbonyl (C=O) groups is 4. The van der Waals surface area contributed by atoms with E-state index >= 15 is 0 Å². The molecular formula is C24H30ClN7O4S. The quantitative estimate of drug-likeness (QED) is 0.480. The van der Waals surface area contributed by atoms with Crippen LogP contribution in [0.3, 0.4) is 0 Å². The van der Waals surface area contributed by atoms with Crippen LogP contribution in [0.15, 0.2) is 18.3 Å². The number of fused-ring (bicyclic) bond motifs is 1. The van der Waals surface area contributed by atoms with Crippen LogP contribution in [-0.2, 0) is 27.3 Å². The molecule has 0 saturated heterocycles. The van der Waals surface area contributed by atoms with Gasteiger partial charge in [-0.2, -0.15) is 0 Å². The molecule has 4 amide bonds. The van der Waals surface area contributed by atoms with Crippen LogP contribution in [0.4, 0.5) is 5.82 Å². The zero-order chi connectivity index (χ0) is 26.7. The Hall–Kier alpha value is -3.09. The molecule has 13 heteroatoms. The van der Waals surface area contributed by atoms with E-state index in [1.165, 1.54) is 28.5 Å². The van der Waals surface area contributed by atoms with Crippen molar-refractivity contribution >= 4 is 52.4 Å². The summed E-state index contributed by atoms with van der Waals surface area (Å²) in [5, 5.41) is 8.91. The summed E-state index contributed by atoms with van der Waals surface area (Å²) in [5.74, 6) is -2.25. The topological polar surface area (TPSA) is 137 Å². The first-order valence-corrected chi connectivity index (χ1v) is 13.2. The average molecular weight is 548 g/mol. The molecule has 3 heterocycles. The molecule has 1 aliphatic heterocycles. The molecule has 4 rings (SSSR count). The second kappa shape index (κ2) is 11.5. The molecular weight excluding hydrogens is 518 g/mol. The lowest BCUT2D eigenvalue weighted by atomic mass is 9.81. The lowest BCUT2D eigenvalue weighted by molar-refractivity contribution is -0.137. The van der Waals surface area contributed by atoms with Crippen molar-refractivity contribution in [2.75, 3.05) is 33.0 Å². The number of halogens is 1. The normalized spacial score (nSPS) is 21.5. The number of aromatic nitrogens is 2.